The van der Waals surface area contributed by atoms with Crippen LogP contribution in [0.2, 0.25) is 0 Å². The van der Waals surface area contributed by atoms with Crippen LogP contribution in [-0.2, 0) is 12.8 Å². The van der Waals surface area contributed by atoms with Gasteiger partial charge in [0.1, 0.15) is 0 Å². The molecule has 0 radical (unpaired) electrons. The fourth-order valence-corrected chi connectivity index (χ4v) is 5.17. The first-order valence-corrected chi connectivity index (χ1v) is 10.2. The molecule has 0 aliphatic carbocycles. The van der Waals surface area contributed by atoms with Crippen LogP contribution >= 0.6 is 24.0 Å². The zero-order valence-corrected chi connectivity index (χ0v) is 17.4. The lowest BCUT2D eigenvalue weighted by atomic mass is 9.85. The van der Waals surface area contributed by atoms with Crippen molar-refractivity contribution in [1.29, 1.82) is 0 Å². The smallest absolute Gasteiger partial charge is 0.160 e. The molecule has 1 heterocycles. The summed E-state index contributed by atoms with van der Waals surface area (Å²) in [6.07, 6.45) is 1.79. The molecule has 27 heavy (non-hydrogen) atoms. The van der Waals surface area contributed by atoms with Gasteiger partial charge >= 0.3 is 0 Å². The largest absolute Gasteiger partial charge is 0.504 e. The van der Waals surface area contributed by atoms with E-state index in [2.05, 4.69) is 6.07 Å². The van der Waals surface area contributed by atoms with Gasteiger partial charge in [0.05, 0.1) is 25.5 Å². The number of aromatic hydroxyl groups is 1. The molecule has 0 unspecified atom stereocenters. The molecule has 6 heteroatoms. The second kappa shape index (κ2) is 8.85. The SMILES string of the molecule is COc1cc(C[C@H]2C(=S)SC[C@@H]2Cc2ccc(OC)c(OC)c2)ccc1O. The van der Waals surface area contributed by atoms with Gasteiger partial charge < -0.3 is 19.3 Å². The molecule has 3 rings (SSSR count). The zero-order valence-electron chi connectivity index (χ0n) is 15.7. The maximum Gasteiger partial charge on any atom is 0.160 e. The van der Waals surface area contributed by atoms with Crippen LogP contribution in [-0.4, -0.2) is 36.4 Å². The molecule has 1 N–H and O–H groups in total. The van der Waals surface area contributed by atoms with Crippen molar-refractivity contribution in [3.63, 3.8) is 0 Å². The molecule has 2 aromatic rings. The maximum absolute atomic E-state index is 9.81. The first-order valence-electron chi connectivity index (χ1n) is 8.79. The van der Waals surface area contributed by atoms with Crippen molar-refractivity contribution in [3.8, 4) is 23.0 Å². The molecular weight excluding hydrogens is 380 g/mol. The highest BCUT2D eigenvalue weighted by Crippen LogP contribution is 2.39. The third kappa shape index (κ3) is 4.50. The Bertz CT molecular complexity index is 822. The van der Waals surface area contributed by atoms with E-state index in [4.69, 9.17) is 26.4 Å². The number of hydrogen-bond donors (Lipinski definition) is 1. The van der Waals surface area contributed by atoms with E-state index < -0.39 is 0 Å². The monoisotopic (exact) mass is 404 g/mol. The van der Waals surface area contributed by atoms with Gasteiger partial charge in [-0.05, 0) is 54.2 Å². The Balaban J connectivity index is 1.76. The number of thioether (sulfide) groups is 1. The minimum atomic E-state index is 0.159. The van der Waals surface area contributed by atoms with Gasteiger partial charge in [0.2, 0.25) is 0 Å². The van der Waals surface area contributed by atoms with Crippen LogP contribution in [0.1, 0.15) is 11.1 Å². The van der Waals surface area contributed by atoms with Crippen molar-refractivity contribution < 1.29 is 19.3 Å². The Labute approximate surface area is 169 Å². The second-order valence-electron chi connectivity index (χ2n) is 6.60. The standard InChI is InChI=1S/C21H24O4S2/c1-23-18-7-5-13(11-20(18)25-3)8-15-12-27-21(26)16(15)9-14-4-6-17(22)19(10-14)24-2/h4-7,10-11,15-16,22H,8-9,12H2,1-3H3/t15-,16+/m0/s1. The summed E-state index contributed by atoms with van der Waals surface area (Å²) in [5.41, 5.74) is 2.34. The van der Waals surface area contributed by atoms with Gasteiger partial charge in [-0.3, -0.25) is 0 Å². The van der Waals surface area contributed by atoms with Gasteiger partial charge in [0, 0.05) is 11.7 Å². The number of phenolic OH excluding ortho intramolecular Hbond substituents is 1. The maximum atomic E-state index is 9.81. The molecule has 1 aliphatic rings. The van der Waals surface area contributed by atoms with Crippen LogP contribution in [0.15, 0.2) is 36.4 Å². The van der Waals surface area contributed by atoms with Crippen molar-refractivity contribution >= 4 is 28.2 Å². The van der Waals surface area contributed by atoms with E-state index in [1.165, 1.54) is 5.56 Å². The summed E-state index contributed by atoms with van der Waals surface area (Å²) in [5, 5.41) is 9.81. The van der Waals surface area contributed by atoms with Crippen molar-refractivity contribution in [2.75, 3.05) is 27.1 Å². The Kier molecular flexibility index (Phi) is 6.50. The Hall–Kier alpha value is -1.92. The predicted octanol–water partition coefficient (Wildman–Crippen LogP) is 4.51. The summed E-state index contributed by atoms with van der Waals surface area (Å²) in [7, 11) is 4.86. The second-order valence-corrected chi connectivity index (χ2v) is 8.36. The van der Waals surface area contributed by atoms with Crippen molar-refractivity contribution in [2.24, 2.45) is 11.8 Å². The first kappa shape index (κ1) is 19.8. The van der Waals surface area contributed by atoms with E-state index in [0.717, 1.165) is 39.9 Å². The average Bonchev–Trinajstić information content (AvgIpc) is 3.02. The molecule has 2 atom stereocenters. The number of thiocarbonyl (C=S) groups is 1. The number of rotatable bonds is 7. The molecule has 1 saturated heterocycles. The summed E-state index contributed by atoms with van der Waals surface area (Å²) in [6.45, 7) is 0. The molecule has 1 fully saturated rings. The molecule has 4 nitrogen and oxygen atoms in total. The lowest BCUT2D eigenvalue weighted by Crippen LogP contribution is -2.19. The van der Waals surface area contributed by atoms with Crippen molar-refractivity contribution in [1.82, 2.24) is 0 Å². The van der Waals surface area contributed by atoms with Gasteiger partial charge in [-0.2, -0.15) is 0 Å². The lowest BCUT2D eigenvalue weighted by Gasteiger charge is -2.20. The van der Waals surface area contributed by atoms with Crippen LogP contribution in [0.25, 0.3) is 0 Å². The first-order chi connectivity index (χ1) is 13.0. The Morgan fingerprint density at radius 3 is 2.26 bits per heavy atom. The molecule has 0 amide bonds. The highest BCUT2D eigenvalue weighted by Gasteiger charge is 2.33. The molecule has 144 valence electrons. The molecule has 0 bridgehead atoms. The normalized spacial score (nSPS) is 19.1. The molecule has 0 spiro atoms. The molecular formula is C21H24O4S2. The number of benzene rings is 2. The summed E-state index contributed by atoms with van der Waals surface area (Å²) in [4.78, 5) is 0. The van der Waals surface area contributed by atoms with Gasteiger partial charge in [-0.1, -0.05) is 24.4 Å². The fourth-order valence-electron chi connectivity index (χ4n) is 3.47. The summed E-state index contributed by atoms with van der Waals surface area (Å²) in [5.74, 6) is 3.95. The number of hydrogen-bond acceptors (Lipinski definition) is 6. The molecule has 2 aromatic carbocycles. The van der Waals surface area contributed by atoms with E-state index in [-0.39, 0.29) is 5.75 Å². The minimum absolute atomic E-state index is 0.159. The van der Waals surface area contributed by atoms with Crippen molar-refractivity contribution in [2.45, 2.75) is 12.8 Å². The van der Waals surface area contributed by atoms with E-state index in [1.54, 1.807) is 39.2 Å². The van der Waals surface area contributed by atoms with Gasteiger partial charge in [-0.25, -0.2) is 0 Å². The van der Waals surface area contributed by atoms with E-state index in [9.17, 15) is 5.11 Å². The van der Waals surface area contributed by atoms with Crippen LogP contribution in [0.4, 0.5) is 0 Å². The van der Waals surface area contributed by atoms with E-state index in [0.29, 0.717) is 17.6 Å². The highest BCUT2D eigenvalue weighted by atomic mass is 32.2. The molecule has 1 aliphatic heterocycles. The minimum Gasteiger partial charge on any atom is -0.504 e. The lowest BCUT2D eigenvalue weighted by molar-refractivity contribution is 0.354. The van der Waals surface area contributed by atoms with Crippen LogP contribution < -0.4 is 14.2 Å². The van der Waals surface area contributed by atoms with E-state index in [1.807, 2.05) is 24.3 Å². The Morgan fingerprint density at radius 2 is 1.56 bits per heavy atom. The average molecular weight is 405 g/mol. The number of ether oxygens (including phenoxy) is 3. The summed E-state index contributed by atoms with van der Waals surface area (Å²) in [6, 6.07) is 11.6. The summed E-state index contributed by atoms with van der Waals surface area (Å²) < 4.78 is 17.1. The van der Waals surface area contributed by atoms with Gasteiger partial charge in [-0.15, -0.1) is 11.8 Å². The van der Waals surface area contributed by atoms with Crippen LogP contribution in [0.5, 0.6) is 23.0 Å². The van der Waals surface area contributed by atoms with Crippen LogP contribution in [0, 0.1) is 11.8 Å². The topological polar surface area (TPSA) is 47.9 Å². The summed E-state index contributed by atoms with van der Waals surface area (Å²) >= 11 is 7.42. The van der Waals surface area contributed by atoms with Crippen molar-refractivity contribution in [3.05, 3.63) is 47.5 Å². The number of phenols is 1. The quantitative estimate of drug-likeness (QED) is 0.685. The predicted molar refractivity (Wildman–Crippen MR) is 114 cm³/mol. The van der Waals surface area contributed by atoms with Gasteiger partial charge in [0.25, 0.3) is 0 Å². The number of methoxy groups -OCH3 is 3. The Morgan fingerprint density at radius 1 is 0.926 bits per heavy atom. The molecule has 0 aromatic heterocycles. The fraction of sp³-hybridized carbons (Fsp3) is 0.381. The highest BCUT2D eigenvalue weighted by molar-refractivity contribution is 8.23. The third-order valence-electron chi connectivity index (χ3n) is 4.96. The zero-order chi connectivity index (χ0) is 19.4. The third-order valence-corrected chi connectivity index (χ3v) is 6.80. The van der Waals surface area contributed by atoms with E-state index >= 15 is 0 Å². The molecule has 0 saturated carbocycles. The van der Waals surface area contributed by atoms with Crippen LogP contribution in [0.3, 0.4) is 0 Å². The van der Waals surface area contributed by atoms with Gasteiger partial charge in [0.15, 0.2) is 23.0 Å².